The summed E-state index contributed by atoms with van der Waals surface area (Å²) in [5, 5.41) is 1.14. The lowest BCUT2D eigenvalue weighted by molar-refractivity contribution is -0.143. The fourth-order valence-corrected chi connectivity index (χ4v) is 4.02. The fourth-order valence-electron chi connectivity index (χ4n) is 4.02. The molecule has 2 heterocycles. The highest BCUT2D eigenvalue weighted by atomic mass is 16.5. The highest BCUT2D eigenvalue weighted by Crippen LogP contribution is 2.32. The number of rotatable bonds is 5. The summed E-state index contributed by atoms with van der Waals surface area (Å²) in [4.78, 5) is 27.9. The average Bonchev–Trinajstić information content (AvgIpc) is 3.25. The molecule has 0 aliphatic rings. The van der Waals surface area contributed by atoms with Gasteiger partial charge in [-0.05, 0) is 49.2 Å². The summed E-state index contributed by atoms with van der Waals surface area (Å²) in [5.74, 6) is -0.344. The number of aromatic nitrogens is 1. The van der Waals surface area contributed by atoms with E-state index in [1.807, 2.05) is 66.9 Å². The van der Waals surface area contributed by atoms with Crippen molar-refractivity contribution in [2.45, 2.75) is 20.4 Å². The molecule has 30 heavy (non-hydrogen) atoms. The summed E-state index contributed by atoms with van der Waals surface area (Å²) >= 11 is 0. The number of nitrogens with zero attached hydrogens (tertiary/aromatic N) is 2. The number of fused-ring (bicyclic) bond motifs is 2. The molecule has 6 nitrogen and oxygen atoms in total. The number of carbonyl (C=O) groups is 1. The Bertz CT molecular complexity index is 1300. The molecule has 2 aromatic heterocycles. The van der Waals surface area contributed by atoms with Crippen molar-refractivity contribution in [2.75, 3.05) is 25.6 Å². The second-order valence-corrected chi connectivity index (χ2v) is 7.49. The minimum Gasteiger partial charge on any atom is -0.472 e. The molecule has 4 rings (SSSR count). The molecule has 0 atom stereocenters. The molecule has 154 valence electrons. The molecule has 0 radical (unpaired) electrons. The van der Waals surface area contributed by atoms with Crippen molar-refractivity contribution in [2.24, 2.45) is 0 Å². The zero-order valence-electron chi connectivity index (χ0n) is 17.6. The van der Waals surface area contributed by atoms with E-state index in [2.05, 4.69) is 0 Å². The standard InChI is InChI=1S/C24H24N2O4/c1-5-30-21(27)13-26-20-12-16(17-10-11-29-14-17)7-9-18(20)24(28)19-8-6-15(2)22(23(19)26)25(3)4/h6-12,14H,5,13H2,1-4H3. The molecule has 6 heteroatoms. The Hall–Kier alpha value is -3.54. The maximum absolute atomic E-state index is 13.4. The molecule has 0 unspecified atom stereocenters. The normalized spacial score (nSPS) is 11.2. The van der Waals surface area contributed by atoms with Gasteiger partial charge in [0, 0.05) is 30.4 Å². The van der Waals surface area contributed by atoms with Gasteiger partial charge in [0.25, 0.3) is 0 Å². The first-order valence-electron chi connectivity index (χ1n) is 9.87. The van der Waals surface area contributed by atoms with Crippen LogP contribution in [-0.2, 0) is 16.1 Å². The van der Waals surface area contributed by atoms with E-state index in [9.17, 15) is 9.59 Å². The van der Waals surface area contributed by atoms with Crippen molar-refractivity contribution in [3.63, 3.8) is 0 Å². The molecule has 0 aliphatic heterocycles. The third-order valence-electron chi connectivity index (χ3n) is 5.29. The first-order chi connectivity index (χ1) is 14.4. The maximum Gasteiger partial charge on any atom is 0.325 e. The van der Waals surface area contributed by atoms with E-state index in [1.54, 1.807) is 19.5 Å². The minimum atomic E-state index is -0.344. The molecule has 0 saturated carbocycles. The van der Waals surface area contributed by atoms with Crippen LogP contribution in [0.5, 0.6) is 0 Å². The van der Waals surface area contributed by atoms with Gasteiger partial charge in [0.2, 0.25) is 0 Å². The van der Waals surface area contributed by atoms with Crippen molar-refractivity contribution in [3.8, 4) is 11.1 Å². The fraction of sp³-hybridized carbons (Fsp3) is 0.250. The lowest BCUT2D eigenvalue weighted by atomic mass is 10.0. The Morgan fingerprint density at radius 3 is 2.53 bits per heavy atom. The average molecular weight is 404 g/mol. The molecule has 0 saturated heterocycles. The molecule has 2 aromatic carbocycles. The number of carbonyl (C=O) groups excluding carboxylic acids is 1. The largest absolute Gasteiger partial charge is 0.472 e. The van der Waals surface area contributed by atoms with Crippen LogP contribution in [0, 0.1) is 6.92 Å². The molecule has 0 N–H and O–H groups in total. The SMILES string of the molecule is CCOC(=O)Cn1c2cc(-c3ccoc3)ccc2c(=O)c2ccc(C)c(N(C)C)c21. The molecule has 4 aromatic rings. The van der Waals surface area contributed by atoms with Crippen molar-refractivity contribution < 1.29 is 13.9 Å². The van der Waals surface area contributed by atoms with Crippen LogP contribution in [0.1, 0.15) is 12.5 Å². The van der Waals surface area contributed by atoms with Crippen LogP contribution in [0.25, 0.3) is 32.9 Å². The van der Waals surface area contributed by atoms with Gasteiger partial charge in [-0.15, -0.1) is 0 Å². The van der Waals surface area contributed by atoms with E-state index >= 15 is 0 Å². The van der Waals surface area contributed by atoms with Crippen molar-refractivity contribution in [3.05, 3.63) is 64.7 Å². The van der Waals surface area contributed by atoms with Crippen molar-refractivity contribution in [1.82, 2.24) is 4.57 Å². The third kappa shape index (κ3) is 3.24. The Balaban J connectivity index is 2.15. The zero-order valence-corrected chi connectivity index (χ0v) is 17.6. The van der Waals surface area contributed by atoms with Gasteiger partial charge >= 0.3 is 5.97 Å². The van der Waals surface area contributed by atoms with Gasteiger partial charge in [-0.1, -0.05) is 12.1 Å². The predicted octanol–water partition coefficient (Wildman–Crippen LogP) is 4.35. The molecule has 0 amide bonds. The quantitative estimate of drug-likeness (QED) is 0.365. The summed E-state index contributed by atoms with van der Waals surface area (Å²) in [7, 11) is 3.88. The highest BCUT2D eigenvalue weighted by Gasteiger charge is 2.19. The molecule has 0 aliphatic carbocycles. The van der Waals surface area contributed by atoms with E-state index < -0.39 is 0 Å². The predicted molar refractivity (Wildman–Crippen MR) is 119 cm³/mol. The summed E-state index contributed by atoms with van der Waals surface area (Å²) in [6, 6.07) is 11.3. The Morgan fingerprint density at radius 2 is 1.87 bits per heavy atom. The molecule has 0 fully saturated rings. The summed E-state index contributed by atoms with van der Waals surface area (Å²) in [5.41, 5.74) is 5.11. The van der Waals surface area contributed by atoms with Crippen molar-refractivity contribution >= 4 is 33.5 Å². The van der Waals surface area contributed by atoms with Gasteiger partial charge in [0.1, 0.15) is 6.54 Å². The topological polar surface area (TPSA) is 64.7 Å². The van der Waals surface area contributed by atoms with Crippen LogP contribution >= 0.6 is 0 Å². The first kappa shape index (κ1) is 19.8. The number of benzene rings is 2. The van der Waals surface area contributed by atoms with Crippen LogP contribution in [0.15, 0.2) is 58.1 Å². The second kappa shape index (κ2) is 7.71. The monoisotopic (exact) mass is 404 g/mol. The van der Waals surface area contributed by atoms with E-state index in [4.69, 9.17) is 9.15 Å². The smallest absolute Gasteiger partial charge is 0.325 e. The molecular weight excluding hydrogens is 380 g/mol. The van der Waals surface area contributed by atoms with E-state index in [-0.39, 0.29) is 17.9 Å². The van der Waals surface area contributed by atoms with Gasteiger partial charge in [0.05, 0.1) is 35.9 Å². The van der Waals surface area contributed by atoms with Gasteiger partial charge in [-0.25, -0.2) is 0 Å². The number of furan rings is 1. The highest BCUT2D eigenvalue weighted by molar-refractivity contribution is 6.02. The van der Waals surface area contributed by atoms with Crippen LogP contribution in [-0.4, -0.2) is 31.2 Å². The lowest BCUT2D eigenvalue weighted by Gasteiger charge is -2.23. The minimum absolute atomic E-state index is 0.0141. The number of hydrogen-bond acceptors (Lipinski definition) is 5. The van der Waals surface area contributed by atoms with E-state index in [1.165, 1.54) is 0 Å². The number of esters is 1. The molecule has 0 spiro atoms. The van der Waals surface area contributed by atoms with Crippen molar-refractivity contribution in [1.29, 1.82) is 0 Å². The number of aryl methyl sites for hydroxylation is 1. The maximum atomic E-state index is 13.4. The first-order valence-corrected chi connectivity index (χ1v) is 9.87. The van der Waals surface area contributed by atoms with Gasteiger partial charge in [0.15, 0.2) is 5.43 Å². The number of ether oxygens (including phenoxy) is 1. The van der Waals surface area contributed by atoms with Crippen LogP contribution in [0.3, 0.4) is 0 Å². The Morgan fingerprint density at radius 1 is 1.10 bits per heavy atom. The van der Waals surface area contributed by atoms with Crippen LogP contribution in [0.2, 0.25) is 0 Å². The Labute approximate surface area is 174 Å². The van der Waals surface area contributed by atoms with Gasteiger partial charge < -0.3 is 18.6 Å². The summed E-state index contributed by atoms with van der Waals surface area (Å²) < 4.78 is 12.4. The number of hydrogen-bond donors (Lipinski definition) is 0. The van der Waals surface area contributed by atoms with Gasteiger partial charge in [-0.3, -0.25) is 9.59 Å². The zero-order chi connectivity index (χ0) is 21.4. The Kier molecular flexibility index (Phi) is 5.08. The third-order valence-corrected chi connectivity index (χ3v) is 5.29. The molecular formula is C24H24N2O4. The lowest BCUT2D eigenvalue weighted by Crippen LogP contribution is -2.21. The summed E-state index contributed by atoms with van der Waals surface area (Å²) in [6.07, 6.45) is 3.27. The van der Waals surface area contributed by atoms with Crippen LogP contribution in [0.4, 0.5) is 5.69 Å². The van der Waals surface area contributed by atoms with Crippen LogP contribution < -0.4 is 10.3 Å². The van der Waals surface area contributed by atoms with E-state index in [0.29, 0.717) is 22.9 Å². The number of pyridine rings is 1. The molecule has 0 bridgehead atoms. The number of anilines is 1. The second-order valence-electron chi connectivity index (χ2n) is 7.49. The van der Waals surface area contributed by atoms with E-state index in [0.717, 1.165) is 27.9 Å². The summed E-state index contributed by atoms with van der Waals surface area (Å²) in [6.45, 7) is 4.10. The van der Waals surface area contributed by atoms with Gasteiger partial charge in [-0.2, -0.15) is 0 Å².